The maximum atomic E-state index is 12.1. The molecule has 1 saturated heterocycles. The molecule has 6 nitrogen and oxygen atoms in total. The number of rotatable bonds is 1. The highest BCUT2D eigenvalue weighted by atomic mass is 32.1. The number of H-pyrrole nitrogens is 1. The number of aromatic amines is 1. The van der Waals surface area contributed by atoms with Crippen molar-refractivity contribution in [3.05, 3.63) is 21.5 Å². The fraction of sp³-hybridized carbons (Fsp3) is 0.529. The summed E-state index contributed by atoms with van der Waals surface area (Å²) in [5.41, 5.74) is 3.32. The highest BCUT2D eigenvalue weighted by Gasteiger charge is 2.26. The highest BCUT2D eigenvalue weighted by molar-refractivity contribution is 7.25. The number of aryl methyl sites for hydroxylation is 1. The van der Waals surface area contributed by atoms with Crippen molar-refractivity contribution >= 4 is 37.6 Å². The molecule has 0 amide bonds. The quantitative estimate of drug-likeness (QED) is 0.737. The van der Waals surface area contributed by atoms with Crippen LogP contribution in [0.15, 0.2) is 4.79 Å². The molecule has 0 radical (unpaired) electrons. The number of fused-ring (bicyclic) bond motifs is 5. The van der Waals surface area contributed by atoms with Crippen molar-refractivity contribution in [1.82, 2.24) is 20.4 Å². The molecule has 124 valence electrons. The standard InChI is InChI=1S/C17H19N5OS/c23-16-14-13(19-21-20-16)12-10-6-2-3-7-11(10)15(18-17(12)24-14)22-8-4-1-5-9-22/h1-9H2,(H,19,20,23). The van der Waals surface area contributed by atoms with Crippen LogP contribution in [0.4, 0.5) is 5.82 Å². The van der Waals surface area contributed by atoms with Gasteiger partial charge < -0.3 is 4.90 Å². The first-order valence-corrected chi connectivity index (χ1v) is 9.59. The lowest BCUT2D eigenvalue weighted by atomic mass is 9.89. The fourth-order valence-electron chi connectivity index (χ4n) is 4.14. The average molecular weight is 341 g/mol. The van der Waals surface area contributed by atoms with Gasteiger partial charge in [0.15, 0.2) is 0 Å². The van der Waals surface area contributed by atoms with Gasteiger partial charge in [-0.15, -0.1) is 16.4 Å². The number of anilines is 1. The monoisotopic (exact) mass is 341 g/mol. The predicted octanol–water partition coefficient (Wildman–Crippen LogP) is 2.80. The number of aromatic nitrogens is 4. The lowest BCUT2D eigenvalue weighted by Gasteiger charge is -2.31. The molecule has 0 saturated carbocycles. The van der Waals surface area contributed by atoms with Gasteiger partial charge in [-0.2, -0.15) is 0 Å². The van der Waals surface area contributed by atoms with Gasteiger partial charge in [0, 0.05) is 18.5 Å². The summed E-state index contributed by atoms with van der Waals surface area (Å²) < 4.78 is 0.649. The minimum Gasteiger partial charge on any atom is -0.356 e. The van der Waals surface area contributed by atoms with E-state index in [0.29, 0.717) is 4.70 Å². The third-order valence-electron chi connectivity index (χ3n) is 5.27. The van der Waals surface area contributed by atoms with Crippen molar-refractivity contribution in [2.45, 2.75) is 44.9 Å². The van der Waals surface area contributed by atoms with Crippen LogP contribution in [0.5, 0.6) is 0 Å². The molecule has 5 rings (SSSR count). The van der Waals surface area contributed by atoms with E-state index in [1.54, 1.807) is 0 Å². The van der Waals surface area contributed by atoms with Crippen LogP contribution in [0.3, 0.4) is 0 Å². The summed E-state index contributed by atoms with van der Waals surface area (Å²) >= 11 is 1.46. The van der Waals surface area contributed by atoms with Crippen LogP contribution in [-0.2, 0) is 12.8 Å². The average Bonchev–Trinajstić information content (AvgIpc) is 3.02. The van der Waals surface area contributed by atoms with Gasteiger partial charge in [-0.25, -0.2) is 10.1 Å². The Balaban J connectivity index is 1.83. The summed E-state index contributed by atoms with van der Waals surface area (Å²) in [6, 6.07) is 0. The maximum absolute atomic E-state index is 12.1. The summed E-state index contributed by atoms with van der Waals surface area (Å²) in [5, 5.41) is 11.5. The van der Waals surface area contributed by atoms with E-state index in [4.69, 9.17) is 4.98 Å². The predicted molar refractivity (Wildman–Crippen MR) is 96.0 cm³/mol. The zero-order valence-electron chi connectivity index (χ0n) is 13.5. The first-order chi connectivity index (χ1) is 11.8. The van der Waals surface area contributed by atoms with Crippen LogP contribution in [0, 0.1) is 0 Å². The number of hydrogen-bond acceptors (Lipinski definition) is 6. The van der Waals surface area contributed by atoms with Gasteiger partial charge in [-0.1, -0.05) is 5.21 Å². The number of thiophene rings is 1. The largest absolute Gasteiger partial charge is 0.356 e. The second kappa shape index (κ2) is 5.51. The van der Waals surface area contributed by atoms with Gasteiger partial charge >= 0.3 is 0 Å². The topological polar surface area (TPSA) is 74.8 Å². The highest BCUT2D eigenvalue weighted by Crippen LogP contribution is 2.40. The Morgan fingerprint density at radius 3 is 2.62 bits per heavy atom. The molecule has 1 N–H and O–H groups in total. The Labute approximate surface area is 142 Å². The van der Waals surface area contributed by atoms with Crippen LogP contribution in [0.1, 0.15) is 43.2 Å². The normalized spacial score (nSPS) is 18.2. The van der Waals surface area contributed by atoms with Gasteiger partial charge in [0.05, 0.1) is 0 Å². The molecule has 1 fully saturated rings. The SMILES string of the molecule is O=c1[nH]nnc2c1sc1nc(N3CCCCC3)c3c(c12)CCCC3. The lowest BCUT2D eigenvalue weighted by Crippen LogP contribution is -2.31. The number of nitrogens with one attached hydrogen (secondary N) is 1. The van der Waals surface area contributed by atoms with Crippen LogP contribution in [0.2, 0.25) is 0 Å². The molecule has 4 heterocycles. The van der Waals surface area contributed by atoms with Crippen LogP contribution >= 0.6 is 11.3 Å². The molecule has 1 aliphatic heterocycles. The first kappa shape index (κ1) is 14.3. The van der Waals surface area contributed by atoms with Gasteiger partial charge in [0.1, 0.15) is 20.9 Å². The van der Waals surface area contributed by atoms with E-state index in [9.17, 15) is 4.79 Å². The van der Waals surface area contributed by atoms with E-state index < -0.39 is 0 Å². The summed E-state index contributed by atoms with van der Waals surface area (Å²) in [6.07, 6.45) is 8.34. The van der Waals surface area contributed by atoms with Gasteiger partial charge in [0.2, 0.25) is 0 Å². The van der Waals surface area contributed by atoms with E-state index in [1.807, 2.05) is 0 Å². The van der Waals surface area contributed by atoms with E-state index in [0.717, 1.165) is 47.5 Å². The van der Waals surface area contributed by atoms with Crippen LogP contribution in [0.25, 0.3) is 20.4 Å². The Morgan fingerprint density at radius 2 is 1.79 bits per heavy atom. The van der Waals surface area contributed by atoms with Crippen molar-refractivity contribution < 1.29 is 0 Å². The molecule has 0 aromatic carbocycles. The first-order valence-electron chi connectivity index (χ1n) is 8.77. The summed E-state index contributed by atoms with van der Waals surface area (Å²) in [7, 11) is 0. The van der Waals surface area contributed by atoms with Gasteiger partial charge in [-0.05, 0) is 56.1 Å². The third kappa shape index (κ3) is 2.07. The molecule has 1 aliphatic carbocycles. The van der Waals surface area contributed by atoms with Crippen LogP contribution in [-0.4, -0.2) is 33.5 Å². The molecule has 3 aromatic heterocycles. The zero-order chi connectivity index (χ0) is 16.1. The maximum Gasteiger partial charge on any atom is 0.285 e. The smallest absolute Gasteiger partial charge is 0.285 e. The van der Waals surface area contributed by atoms with E-state index in [2.05, 4.69) is 20.3 Å². The fourth-order valence-corrected chi connectivity index (χ4v) is 5.17. The number of nitrogens with zero attached hydrogens (tertiary/aromatic N) is 4. The Bertz CT molecular complexity index is 986. The molecule has 0 bridgehead atoms. The second-order valence-corrected chi connectivity index (χ2v) is 7.75. The molecule has 0 atom stereocenters. The Hall–Kier alpha value is -2.02. The van der Waals surface area contributed by atoms with Gasteiger partial charge in [0.25, 0.3) is 5.56 Å². The minimum absolute atomic E-state index is 0.160. The second-order valence-electron chi connectivity index (χ2n) is 6.75. The number of piperidine rings is 1. The summed E-state index contributed by atoms with van der Waals surface area (Å²) in [6.45, 7) is 2.19. The molecule has 0 unspecified atom stereocenters. The van der Waals surface area contributed by atoms with E-state index in [1.165, 1.54) is 54.6 Å². The number of hydrogen-bond donors (Lipinski definition) is 1. The Morgan fingerprint density at radius 1 is 1.00 bits per heavy atom. The molecule has 0 spiro atoms. The molecular weight excluding hydrogens is 322 g/mol. The Kier molecular flexibility index (Phi) is 3.29. The van der Waals surface area contributed by atoms with E-state index >= 15 is 0 Å². The van der Waals surface area contributed by atoms with Crippen molar-refractivity contribution in [2.24, 2.45) is 0 Å². The minimum atomic E-state index is -0.160. The third-order valence-corrected chi connectivity index (χ3v) is 6.35. The van der Waals surface area contributed by atoms with Crippen LogP contribution < -0.4 is 10.5 Å². The zero-order valence-corrected chi connectivity index (χ0v) is 14.3. The van der Waals surface area contributed by atoms with Crippen molar-refractivity contribution in [3.8, 4) is 0 Å². The van der Waals surface area contributed by atoms with Crippen molar-refractivity contribution in [2.75, 3.05) is 18.0 Å². The summed E-state index contributed by atoms with van der Waals surface area (Å²) in [4.78, 5) is 20.5. The van der Waals surface area contributed by atoms with Gasteiger partial charge in [-0.3, -0.25) is 4.79 Å². The molecular formula is C17H19N5OS. The number of pyridine rings is 1. The molecule has 2 aliphatic rings. The van der Waals surface area contributed by atoms with Crippen molar-refractivity contribution in [1.29, 1.82) is 0 Å². The summed E-state index contributed by atoms with van der Waals surface area (Å²) in [5.74, 6) is 1.16. The molecule has 24 heavy (non-hydrogen) atoms. The molecule has 3 aromatic rings. The van der Waals surface area contributed by atoms with E-state index in [-0.39, 0.29) is 5.56 Å². The van der Waals surface area contributed by atoms with Crippen molar-refractivity contribution in [3.63, 3.8) is 0 Å². The molecule has 7 heteroatoms. The lowest BCUT2D eigenvalue weighted by molar-refractivity contribution is 0.569.